The number of aromatic nitrogens is 1. The van der Waals surface area contributed by atoms with Crippen LogP contribution >= 0.6 is 11.3 Å². The van der Waals surface area contributed by atoms with Crippen molar-refractivity contribution < 1.29 is 5.11 Å². The molecule has 1 unspecified atom stereocenters. The Morgan fingerprint density at radius 1 is 1.19 bits per heavy atom. The van der Waals surface area contributed by atoms with Crippen molar-refractivity contribution in [2.45, 2.75) is 45.1 Å². The number of aliphatic hydroxyl groups excluding tert-OH is 1. The summed E-state index contributed by atoms with van der Waals surface area (Å²) in [4.78, 5) is 4.69. The fraction of sp³-hybridized carbons (Fsp3) is 0.500. The summed E-state index contributed by atoms with van der Waals surface area (Å²) in [5.41, 5.74) is 2.18. The highest BCUT2D eigenvalue weighted by Gasteiger charge is 2.25. The summed E-state index contributed by atoms with van der Waals surface area (Å²) in [6, 6.07) is 10.2. The predicted molar refractivity (Wildman–Crippen MR) is 88.4 cm³/mol. The minimum atomic E-state index is -0.229. The first-order valence-corrected chi connectivity index (χ1v) is 8.78. The van der Waals surface area contributed by atoms with E-state index in [0.717, 1.165) is 22.2 Å². The van der Waals surface area contributed by atoms with Crippen molar-refractivity contribution in [3.8, 4) is 11.3 Å². The predicted octanol–water partition coefficient (Wildman–Crippen LogP) is 4.54. The quantitative estimate of drug-likeness (QED) is 0.899. The maximum Gasteiger partial charge on any atom is 0.0958 e. The van der Waals surface area contributed by atoms with Crippen LogP contribution in [-0.4, -0.2) is 16.2 Å². The second-order valence-electron chi connectivity index (χ2n) is 6.28. The van der Waals surface area contributed by atoms with Crippen LogP contribution < -0.4 is 0 Å². The van der Waals surface area contributed by atoms with Gasteiger partial charge in [0.2, 0.25) is 0 Å². The molecule has 21 heavy (non-hydrogen) atoms. The molecular formula is C18H23NOS. The third-order valence-corrected chi connectivity index (χ3v) is 5.48. The van der Waals surface area contributed by atoms with Gasteiger partial charge in [-0.2, -0.15) is 0 Å². The molecule has 0 spiro atoms. The van der Waals surface area contributed by atoms with E-state index in [1.54, 1.807) is 11.3 Å². The molecule has 2 aromatic rings. The summed E-state index contributed by atoms with van der Waals surface area (Å²) in [7, 11) is 0. The minimum Gasteiger partial charge on any atom is -0.392 e. The molecule has 1 aromatic carbocycles. The van der Waals surface area contributed by atoms with Crippen molar-refractivity contribution in [2.75, 3.05) is 0 Å². The Morgan fingerprint density at radius 2 is 1.90 bits per heavy atom. The Kier molecular flexibility index (Phi) is 4.71. The molecule has 1 heterocycles. The molecule has 0 saturated heterocycles. The van der Waals surface area contributed by atoms with E-state index in [4.69, 9.17) is 0 Å². The van der Waals surface area contributed by atoms with Gasteiger partial charge >= 0.3 is 0 Å². The molecule has 0 bridgehead atoms. The number of benzene rings is 1. The summed E-state index contributed by atoms with van der Waals surface area (Å²) < 4.78 is 0. The monoisotopic (exact) mass is 301 g/mol. The Morgan fingerprint density at radius 3 is 2.62 bits per heavy atom. The van der Waals surface area contributed by atoms with Crippen molar-refractivity contribution in [1.82, 2.24) is 4.98 Å². The van der Waals surface area contributed by atoms with Crippen LogP contribution in [0.3, 0.4) is 0 Å². The number of hydrogen-bond acceptors (Lipinski definition) is 3. The van der Waals surface area contributed by atoms with Crippen LogP contribution in [0.2, 0.25) is 0 Å². The third-order valence-electron chi connectivity index (χ3n) is 4.61. The van der Waals surface area contributed by atoms with E-state index in [2.05, 4.69) is 29.4 Å². The lowest BCUT2D eigenvalue weighted by molar-refractivity contribution is 0.0760. The molecule has 1 fully saturated rings. The van der Waals surface area contributed by atoms with Gasteiger partial charge in [0.15, 0.2) is 0 Å². The average molecular weight is 301 g/mol. The van der Waals surface area contributed by atoms with Gasteiger partial charge in [0.25, 0.3) is 0 Å². The number of aliphatic hydroxyl groups is 1. The summed E-state index contributed by atoms with van der Waals surface area (Å²) >= 11 is 1.67. The van der Waals surface area contributed by atoms with Crippen LogP contribution in [-0.2, 0) is 6.42 Å². The molecule has 1 aliphatic carbocycles. The molecule has 1 saturated carbocycles. The smallest absolute Gasteiger partial charge is 0.0958 e. The van der Waals surface area contributed by atoms with E-state index in [0.29, 0.717) is 12.3 Å². The first kappa shape index (κ1) is 14.7. The molecule has 3 rings (SSSR count). The van der Waals surface area contributed by atoms with Gasteiger partial charge in [0, 0.05) is 17.4 Å². The molecule has 0 radical (unpaired) electrons. The summed E-state index contributed by atoms with van der Waals surface area (Å²) in [6.07, 6.45) is 5.32. The molecular weight excluding hydrogens is 278 g/mol. The normalized spacial score (nSPS) is 23.9. The van der Waals surface area contributed by atoms with Crippen molar-refractivity contribution >= 4 is 11.3 Å². The zero-order chi connectivity index (χ0) is 14.7. The van der Waals surface area contributed by atoms with Crippen molar-refractivity contribution in [1.29, 1.82) is 0 Å². The van der Waals surface area contributed by atoms with Crippen LogP contribution in [0.4, 0.5) is 0 Å². The van der Waals surface area contributed by atoms with Gasteiger partial charge in [-0.05, 0) is 24.7 Å². The lowest BCUT2D eigenvalue weighted by Gasteiger charge is -2.29. The average Bonchev–Trinajstić information content (AvgIpc) is 2.97. The van der Waals surface area contributed by atoms with E-state index in [1.807, 2.05) is 18.2 Å². The van der Waals surface area contributed by atoms with E-state index in [-0.39, 0.29) is 6.10 Å². The van der Waals surface area contributed by atoms with Gasteiger partial charge in [-0.3, -0.25) is 0 Å². The lowest BCUT2D eigenvalue weighted by atomic mass is 9.79. The van der Waals surface area contributed by atoms with E-state index >= 15 is 0 Å². The second kappa shape index (κ2) is 6.71. The Labute approximate surface area is 130 Å². The summed E-state index contributed by atoms with van der Waals surface area (Å²) in [5, 5.41) is 13.6. The molecule has 1 N–H and O–H groups in total. The largest absolute Gasteiger partial charge is 0.392 e. The molecule has 0 amide bonds. The standard InChI is InChI=1S/C18H23NOS/c1-13-7-9-15(10-8-13)17(20)11-18-19-16(12-21-18)14-5-3-2-4-6-14/h2-6,12-13,15,17,20H,7-11H2,1H3. The van der Waals surface area contributed by atoms with Crippen molar-refractivity contribution in [3.63, 3.8) is 0 Å². The van der Waals surface area contributed by atoms with Gasteiger partial charge in [-0.1, -0.05) is 50.1 Å². The van der Waals surface area contributed by atoms with Gasteiger partial charge in [0.05, 0.1) is 16.8 Å². The fourth-order valence-corrected chi connectivity index (χ4v) is 4.02. The lowest BCUT2D eigenvalue weighted by Crippen LogP contribution is -2.26. The first-order valence-electron chi connectivity index (χ1n) is 7.90. The molecule has 2 nitrogen and oxygen atoms in total. The molecule has 1 atom stereocenters. The van der Waals surface area contributed by atoms with E-state index in [1.165, 1.54) is 25.7 Å². The molecule has 1 aromatic heterocycles. The number of rotatable bonds is 4. The SMILES string of the molecule is CC1CCC(C(O)Cc2nc(-c3ccccc3)cs2)CC1. The van der Waals surface area contributed by atoms with Gasteiger partial charge < -0.3 is 5.11 Å². The van der Waals surface area contributed by atoms with Gasteiger partial charge in [-0.15, -0.1) is 11.3 Å². The first-order chi connectivity index (χ1) is 10.2. The van der Waals surface area contributed by atoms with Crippen molar-refractivity contribution in [2.24, 2.45) is 11.8 Å². The number of nitrogens with zero attached hydrogens (tertiary/aromatic N) is 1. The van der Waals surface area contributed by atoms with Gasteiger partial charge in [0.1, 0.15) is 0 Å². The third kappa shape index (κ3) is 3.72. The van der Waals surface area contributed by atoms with Crippen LogP contribution in [0.5, 0.6) is 0 Å². The topological polar surface area (TPSA) is 33.1 Å². The zero-order valence-corrected chi connectivity index (χ0v) is 13.4. The Balaban J connectivity index is 1.62. The van der Waals surface area contributed by atoms with Crippen LogP contribution in [0, 0.1) is 11.8 Å². The van der Waals surface area contributed by atoms with E-state index in [9.17, 15) is 5.11 Å². The highest BCUT2D eigenvalue weighted by atomic mass is 32.1. The summed E-state index contributed by atoms with van der Waals surface area (Å²) in [5.74, 6) is 1.29. The highest BCUT2D eigenvalue weighted by molar-refractivity contribution is 7.09. The molecule has 112 valence electrons. The highest BCUT2D eigenvalue weighted by Crippen LogP contribution is 2.32. The van der Waals surface area contributed by atoms with Crippen LogP contribution in [0.1, 0.15) is 37.6 Å². The van der Waals surface area contributed by atoms with Crippen LogP contribution in [0.25, 0.3) is 11.3 Å². The maximum atomic E-state index is 10.5. The molecule has 1 aliphatic rings. The number of thiazole rings is 1. The van der Waals surface area contributed by atoms with Crippen LogP contribution in [0.15, 0.2) is 35.7 Å². The zero-order valence-electron chi connectivity index (χ0n) is 12.5. The Bertz CT molecular complexity index is 558. The second-order valence-corrected chi connectivity index (χ2v) is 7.23. The Hall–Kier alpha value is -1.19. The molecule has 0 aliphatic heterocycles. The summed E-state index contributed by atoms with van der Waals surface area (Å²) in [6.45, 7) is 2.32. The van der Waals surface area contributed by atoms with Crippen molar-refractivity contribution in [3.05, 3.63) is 40.7 Å². The number of hydrogen-bond donors (Lipinski definition) is 1. The van der Waals surface area contributed by atoms with Gasteiger partial charge in [-0.25, -0.2) is 4.98 Å². The maximum absolute atomic E-state index is 10.5. The molecule has 3 heteroatoms. The minimum absolute atomic E-state index is 0.229. The van der Waals surface area contributed by atoms with E-state index < -0.39 is 0 Å². The fourth-order valence-electron chi connectivity index (χ4n) is 3.16.